The third-order valence-corrected chi connectivity index (χ3v) is 4.36. The van der Waals surface area contributed by atoms with Crippen molar-refractivity contribution < 1.29 is 9.90 Å². The van der Waals surface area contributed by atoms with E-state index in [9.17, 15) is 14.7 Å². The van der Waals surface area contributed by atoms with Crippen molar-refractivity contribution in [3.05, 3.63) is 50.1 Å². The van der Waals surface area contributed by atoms with Gasteiger partial charge in [-0.25, -0.2) is 0 Å². The zero-order chi connectivity index (χ0) is 17.0. The average molecular weight is 334 g/mol. The number of hydrogen-bond donors (Lipinski definition) is 5. The summed E-state index contributed by atoms with van der Waals surface area (Å²) in [4.78, 5) is 26.2. The van der Waals surface area contributed by atoms with E-state index in [0.717, 1.165) is 11.3 Å². The van der Waals surface area contributed by atoms with E-state index in [0.29, 0.717) is 22.5 Å². The van der Waals surface area contributed by atoms with Gasteiger partial charge in [-0.2, -0.15) is 0 Å². The van der Waals surface area contributed by atoms with E-state index in [-0.39, 0.29) is 23.9 Å². The van der Waals surface area contributed by atoms with Crippen LogP contribution in [0.5, 0.6) is 0 Å². The van der Waals surface area contributed by atoms with E-state index in [1.807, 2.05) is 6.92 Å². The van der Waals surface area contributed by atoms with Crippen LogP contribution in [0.25, 0.3) is 0 Å². The van der Waals surface area contributed by atoms with Gasteiger partial charge in [-0.1, -0.05) is 6.92 Å². The molecular formula is C15H18N4O3S. The Morgan fingerprint density at radius 2 is 2.30 bits per heavy atom. The lowest BCUT2D eigenvalue weighted by atomic mass is 10.0. The van der Waals surface area contributed by atoms with Crippen molar-refractivity contribution in [2.75, 3.05) is 11.9 Å². The fourth-order valence-electron chi connectivity index (χ4n) is 2.08. The zero-order valence-electron chi connectivity index (χ0n) is 12.6. The summed E-state index contributed by atoms with van der Waals surface area (Å²) in [7, 11) is 0. The molecule has 2 aromatic heterocycles. The van der Waals surface area contributed by atoms with E-state index in [1.165, 1.54) is 12.3 Å². The molecule has 122 valence electrons. The number of anilines is 1. The predicted octanol–water partition coefficient (Wildman–Crippen LogP) is 1.13. The Morgan fingerprint density at radius 1 is 1.57 bits per heavy atom. The van der Waals surface area contributed by atoms with Crippen molar-refractivity contribution in [3.8, 4) is 0 Å². The Bertz CT molecular complexity index is 777. The molecule has 0 saturated heterocycles. The molecule has 0 aliphatic rings. The third kappa shape index (κ3) is 3.66. The van der Waals surface area contributed by atoms with Gasteiger partial charge < -0.3 is 21.1 Å². The fourth-order valence-corrected chi connectivity index (χ4v) is 2.84. The zero-order valence-corrected chi connectivity index (χ0v) is 13.4. The first-order valence-corrected chi connectivity index (χ1v) is 7.92. The summed E-state index contributed by atoms with van der Waals surface area (Å²) >= 11 is 1.13. The van der Waals surface area contributed by atoms with Crippen molar-refractivity contribution in [2.45, 2.75) is 19.4 Å². The Kier molecular flexibility index (Phi) is 5.30. The number of thiophene rings is 1. The van der Waals surface area contributed by atoms with E-state index < -0.39 is 11.5 Å². The predicted molar refractivity (Wildman–Crippen MR) is 90.6 cm³/mol. The first kappa shape index (κ1) is 16.9. The number of carbonyl (C=O) groups excluding carboxylic acids is 1. The molecule has 1 atom stereocenters. The first-order chi connectivity index (χ1) is 11.0. The van der Waals surface area contributed by atoms with Gasteiger partial charge in [-0.05, 0) is 18.6 Å². The van der Waals surface area contributed by atoms with Gasteiger partial charge in [0.25, 0.3) is 11.5 Å². The molecule has 0 fully saturated rings. The summed E-state index contributed by atoms with van der Waals surface area (Å²) in [5, 5.41) is 22.3. The van der Waals surface area contributed by atoms with Crippen molar-refractivity contribution in [2.24, 2.45) is 5.73 Å². The molecule has 0 saturated carbocycles. The Morgan fingerprint density at radius 3 is 2.87 bits per heavy atom. The van der Waals surface area contributed by atoms with Crippen LogP contribution < -0.4 is 16.6 Å². The van der Waals surface area contributed by atoms with E-state index in [4.69, 9.17) is 11.1 Å². The van der Waals surface area contributed by atoms with E-state index in [1.54, 1.807) is 11.4 Å². The van der Waals surface area contributed by atoms with Gasteiger partial charge in [0, 0.05) is 23.2 Å². The number of carbonyl (C=O) groups is 1. The van der Waals surface area contributed by atoms with Gasteiger partial charge in [0.05, 0.1) is 28.4 Å². The molecule has 0 bridgehead atoms. The molecule has 1 amide bonds. The highest BCUT2D eigenvalue weighted by molar-refractivity contribution is 7.12. The molecule has 8 heteroatoms. The number of nitrogens with two attached hydrogens (primary N) is 1. The number of rotatable bonds is 7. The number of pyridine rings is 1. The van der Waals surface area contributed by atoms with Crippen LogP contribution in [0.1, 0.15) is 34.1 Å². The highest BCUT2D eigenvalue weighted by Gasteiger charge is 2.18. The molecule has 0 aliphatic carbocycles. The van der Waals surface area contributed by atoms with Gasteiger partial charge in [0.15, 0.2) is 0 Å². The standard InChI is InChI=1S/C15H18N4O3S/c1-2-9(6-20)19-10-3-4-18-15(22)12(10)13(16)8-5-11(14(17)21)23-7-8/h3-5,7,9,16,20H,2,6H2,1H3,(H2,17,21)(H2,18,19,22)/t9-/m0/s1. The molecule has 2 rings (SSSR count). The molecule has 2 aromatic rings. The number of aliphatic hydroxyl groups is 1. The lowest BCUT2D eigenvalue weighted by molar-refractivity contribution is 0.100. The van der Waals surface area contributed by atoms with Crippen molar-refractivity contribution in [1.82, 2.24) is 4.98 Å². The Hall–Kier alpha value is -2.45. The van der Waals surface area contributed by atoms with Crippen molar-refractivity contribution >= 4 is 28.6 Å². The number of aromatic amines is 1. The first-order valence-electron chi connectivity index (χ1n) is 7.04. The lowest BCUT2D eigenvalue weighted by Gasteiger charge is -2.18. The van der Waals surface area contributed by atoms with Crippen molar-refractivity contribution in [1.29, 1.82) is 5.41 Å². The third-order valence-electron chi connectivity index (χ3n) is 3.41. The summed E-state index contributed by atoms with van der Waals surface area (Å²) in [6.45, 7) is 1.82. The van der Waals surface area contributed by atoms with E-state index >= 15 is 0 Å². The number of nitrogens with one attached hydrogen (secondary N) is 3. The van der Waals surface area contributed by atoms with Crippen LogP contribution in [0.4, 0.5) is 5.69 Å². The monoisotopic (exact) mass is 334 g/mol. The molecule has 6 N–H and O–H groups in total. The Balaban J connectivity index is 2.42. The van der Waals surface area contributed by atoms with Crippen LogP contribution in [0, 0.1) is 5.41 Å². The highest BCUT2D eigenvalue weighted by atomic mass is 32.1. The normalized spacial score (nSPS) is 11.9. The molecule has 0 radical (unpaired) electrons. The number of primary amides is 1. The van der Waals surface area contributed by atoms with Gasteiger partial charge >= 0.3 is 0 Å². The lowest BCUT2D eigenvalue weighted by Crippen LogP contribution is -2.27. The average Bonchev–Trinajstić information content (AvgIpc) is 3.02. The van der Waals surface area contributed by atoms with Crippen LogP contribution in [0.3, 0.4) is 0 Å². The quantitative estimate of drug-likeness (QED) is 0.486. The molecule has 0 aliphatic heterocycles. The second kappa shape index (κ2) is 7.21. The molecule has 2 heterocycles. The second-order valence-electron chi connectivity index (χ2n) is 4.97. The molecule has 23 heavy (non-hydrogen) atoms. The summed E-state index contributed by atoms with van der Waals surface area (Å²) in [6.07, 6.45) is 2.15. The topological polar surface area (TPSA) is 132 Å². The van der Waals surface area contributed by atoms with Crippen LogP contribution >= 0.6 is 11.3 Å². The SMILES string of the molecule is CC[C@@H](CO)Nc1cc[nH]c(=O)c1C(=N)c1csc(C(N)=O)c1. The van der Waals surface area contributed by atoms with Crippen molar-refractivity contribution in [3.63, 3.8) is 0 Å². The largest absolute Gasteiger partial charge is 0.394 e. The minimum Gasteiger partial charge on any atom is -0.394 e. The van der Waals surface area contributed by atoms with Crippen LogP contribution in [0.15, 0.2) is 28.5 Å². The smallest absolute Gasteiger partial charge is 0.259 e. The minimum absolute atomic E-state index is 0.00843. The second-order valence-corrected chi connectivity index (χ2v) is 5.88. The van der Waals surface area contributed by atoms with Gasteiger partial charge in [0.2, 0.25) is 0 Å². The fraction of sp³-hybridized carbons (Fsp3) is 0.267. The molecule has 0 aromatic carbocycles. The maximum absolute atomic E-state index is 12.2. The summed E-state index contributed by atoms with van der Waals surface area (Å²) in [6, 6.07) is 2.92. The summed E-state index contributed by atoms with van der Waals surface area (Å²) in [5.74, 6) is -0.569. The number of aromatic nitrogens is 1. The number of aliphatic hydroxyl groups excluding tert-OH is 1. The van der Waals surface area contributed by atoms with Gasteiger partial charge in [-0.15, -0.1) is 11.3 Å². The van der Waals surface area contributed by atoms with Crippen LogP contribution in [-0.4, -0.2) is 34.4 Å². The van der Waals surface area contributed by atoms with Gasteiger partial charge in [-0.3, -0.25) is 15.0 Å². The number of H-pyrrole nitrogens is 1. The number of hydrogen-bond acceptors (Lipinski definition) is 6. The molecule has 0 spiro atoms. The Labute approximate surface area is 136 Å². The van der Waals surface area contributed by atoms with Crippen LogP contribution in [0.2, 0.25) is 0 Å². The van der Waals surface area contributed by atoms with Crippen LogP contribution in [-0.2, 0) is 0 Å². The molecular weight excluding hydrogens is 316 g/mol. The maximum Gasteiger partial charge on any atom is 0.259 e. The highest BCUT2D eigenvalue weighted by Crippen LogP contribution is 2.21. The summed E-state index contributed by atoms with van der Waals surface area (Å²) < 4.78 is 0. The summed E-state index contributed by atoms with van der Waals surface area (Å²) in [5.41, 5.74) is 5.86. The minimum atomic E-state index is -0.569. The maximum atomic E-state index is 12.2. The van der Waals surface area contributed by atoms with E-state index in [2.05, 4.69) is 10.3 Å². The van der Waals surface area contributed by atoms with Gasteiger partial charge in [0.1, 0.15) is 0 Å². The molecule has 0 unspecified atom stereocenters. The number of amides is 1. The molecule has 7 nitrogen and oxygen atoms in total.